The predicted octanol–water partition coefficient (Wildman–Crippen LogP) is 6.37. The Kier molecular flexibility index (Phi) is 5.66. The number of benzene rings is 2. The Balaban J connectivity index is 1.65. The molecule has 0 unspecified atom stereocenters. The molecule has 2 aromatic rings. The van der Waals surface area contributed by atoms with Gasteiger partial charge < -0.3 is 0 Å². The van der Waals surface area contributed by atoms with E-state index in [1.54, 1.807) is 6.07 Å². The quantitative estimate of drug-likeness (QED) is 0.442. The van der Waals surface area contributed by atoms with Gasteiger partial charge in [-0.1, -0.05) is 42.2 Å². The van der Waals surface area contributed by atoms with Crippen LogP contribution in [0.25, 0.3) is 11.1 Å². The summed E-state index contributed by atoms with van der Waals surface area (Å²) < 4.78 is 26.4. The lowest BCUT2D eigenvalue weighted by Crippen LogP contribution is -2.11. The lowest BCUT2D eigenvalue weighted by molar-refractivity contribution is 0.364. The molecular weight excluding hydrogens is 314 g/mol. The Morgan fingerprint density at radius 1 is 0.880 bits per heavy atom. The van der Waals surface area contributed by atoms with E-state index < -0.39 is 11.6 Å². The van der Waals surface area contributed by atoms with Gasteiger partial charge in [-0.3, -0.25) is 0 Å². The first-order valence-electron chi connectivity index (χ1n) is 8.85. The molecule has 1 fully saturated rings. The molecule has 0 heterocycles. The van der Waals surface area contributed by atoms with Gasteiger partial charge in [0.25, 0.3) is 0 Å². The van der Waals surface area contributed by atoms with E-state index in [4.69, 9.17) is 0 Å². The number of rotatable bonds is 2. The fourth-order valence-corrected chi connectivity index (χ4v) is 3.34. The molecule has 0 nitrogen and oxygen atoms in total. The van der Waals surface area contributed by atoms with Gasteiger partial charge in [-0.25, -0.2) is 8.78 Å². The first-order valence-corrected chi connectivity index (χ1v) is 8.85. The lowest BCUT2D eigenvalue weighted by atomic mass is 9.82. The van der Waals surface area contributed by atoms with E-state index in [9.17, 15) is 8.78 Å². The van der Waals surface area contributed by atoms with Crippen molar-refractivity contribution in [3.63, 3.8) is 0 Å². The fourth-order valence-electron chi connectivity index (χ4n) is 3.34. The largest absolute Gasteiger partial charge is 0.204 e. The second kappa shape index (κ2) is 8.12. The summed E-state index contributed by atoms with van der Waals surface area (Å²) in [4.78, 5) is 0. The molecule has 0 N–H and O–H groups in total. The van der Waals surface area contributed by atoms with Gasteiger partial charge in [0.1, 0.15) is 0 Å². The molecule has 1 aliphatic rings. The third-order valence-electron chi connectivity index (χ3n) is 4.79. The summed E-state index contributed by atoms with van der Waals surface area (Å²) in [5.74, 6) is 6.20. The summed E-state index contributed by atoms with van der Waals surface area (Å²) in [6.45, 7) is 2.08. The van der Waals surface area contributed by atoms with Crippen molar-refractivity contribution in [3.05, 3.63) is 71.8 Å². The van der Waals surface area contributed by atoms with E-state index in [0.29, 0.717) is 11.5 Å². The maximum absolute atomic E-state index is 13.3. The molecule has 1 aliphatic carbocycles. The molecule has 25 heavy (non-hydrogen) atoms. The summed E-state index contributed by atoms with van der Waals surface area (Å²) >= 11 is 0. The molecule has 0 spiro atoms. The van der Waals surface area contributed by atoms with Gasteiger partial charge in [0, 0.05) is 11.5 Å². The predicted molar refractivity (Wildman–Crippen MR) is 98.9 cm³/mol. The molecular formula is C23H22F2. The lowest BCUT2D eigenvalue weighted by Gasteiger charge is -2.22. The van der Waals surface area contributed by atoms with Crippen molar-refractivity contribution in [3.8, 4) is 23.0 Å². The Hall–Kier alpha value is -2.40. The molecule has 128 valence electrons. The van der Waals surface area contributed by atoms with E-state index in [1.807, 2.05) is 24.3 Å². The van der Waals surface area contributed by atoms with Crippen molar-refractivity contribution < 1.29 is 8.78 Å². The second-order valence-electron chi connectivity index (χ2n) is 6.61. The van der Waals surface area contributed by atoms with Crippen LogP contribution >= 0.6 is 0 Å². The van der Waals surface area contributed by atoms with Gasteiger partial charge in [0.2, 0.25) is 0 Å². The summed E-state index contributed by atoms with van der Waals surface area (Å²) in [6, 6.07) is 11.6. The Labute approximate surface area is 148 Å². The highest BCUT2D eigenvalue weighted by molar-refractivity contribution is 5.64. The molecule has 2 heteroatoms. The van der Waals surface area contributed by atoms with Gasteiger partial charge in [-0.05, 0) is 73.9 Å². The van der Waals surface area contributed by atoms with Crippen LogP contribution in [-0.2, 0) is 0 Å². The standard InChI is InChI=1S/C23H22F2/c1-2-3-17-4-6-18(7-5-17)8-9-19-10-12-20(13-11-19)21-14-15-22(24)23(25)16-21/h2-3,10-18H,4-7H2,1H3/b3-2+. The zero-order valence-electron chi connectivity index (χ0n) is 14.4. The van der Waals surface area contributed by atoms with Gasteiger partial charge in [0.15, 0.2) is 11.6 Å². The molecule has 0 bridgehead atoms. The van der Waals surface area contributed by atoms with Crippen molar-refractivity contribution in [1.29, 1.82) is 0 Å². The SMILES string of the molecule is C/C=C/C1CCC(C#Cc2ccc(-c3ccc(F)c(F)c3)cc2)CC1. The minimum atomic E-state index is -0.824. The maximum atomic E-state index is 13.3. The smallest absolute Gasteiger partial charge is 0.159 e. The van der Waals surface area contributed by atoms with Gasteiger partial charge in [-0.15, -0.1) is 0 Å². The topological polar surface area (TPSA) is 0 Å². The third kappa shape index (κ3) is 4.57. The van der Waals surface area contributed by atoms with Crippen LogP contribution in [0.3, 0.4) is 0 Å². The van der Waals surface area contributed by atoms with Gasteiger partial charge in [-0.2, -0.15) is 0 Å². The maximum Gasteiger partial charge on any atom is 0.159 e. The minimum Gasteiger partial charge on any atom is -0.204 e. The second-order valence-corrected chi connectivity index (χ2v) is 6.61. The van der Waals surface area contributed by atoms with Crippen LogP contribution in [0.5, 0.6) is 0 Å². The molecule has 3 rings (SSSR count). The minimum absolute atomic E-state index is 0.479. The molecule has 0 amide bonds. The number of hydrogen-bond donors (Lipinski definition) is 0. The number of halogens is 2. The van der Waals surface area contributed by atoms with Crippen molar-refractivity contribution in [2.45, 2.75) is 32.6 Å². The molecule has 0 aromatic heterocycles. The van der Waals surface area contributed by atoms with Crippen molar-refractivity contribution in [2.75, 3.05) is 0 Å². The zero-order valence-corrected chi connectivity index (χ0v) is 14.4. The summed E-state index contributed by atoms with van der Waals surface area (Å²) in [5.41, 5.74) is 2.49. The highest BCUT2D eigenvalue weighted by Crippen LogP contribution is 2.29. The van der Waals surface area contributed by atoms with Crippen LogP contribution in [0.2, 0.25) is 0 Å². The molecule has 0 aliphatic heterocycles. The highest BCUT2D eigenvalue weighted by atomic mass is 19.2. The van der Waals surface area contributed by atoms with E-state index in [0.717, 1.165) is 36.0 Å². The van der Waals surface area contributed by atoms with Gasteiger partial charge >= 0.3 is 0 Å². The van der Waals surface area contributed by atoms with Crippen LogP contribution in [0.1, 0.15) is 38.2 Å². The first-order chi connectivity index (χ1) is 12.2. The van der Waals surface area contributed by atoms with Crippen molar-refractivity contribution >= 4 is 0 Å². The van der Waals surface area contributed by atoms with Crippen LogP contribution in [0.4, 0.5) is 8.78 Å². The average molecular weight is 336 g/mol. The average Bonchev–Trinajstić information content (AvgIpc) is 2.64. The number of allylic oxidation sites excluding steroid dienone is 2. The summed E-state index contributed by atoms with van der Waals surface area (Å²) in [6.07, 6.45) is 9.22. The molecule has 0 atom stereocenters. The van der Waals surface area contributed by atoms with E-state index in [2.05, 4.69) is 30.9 Å². The van der Waals surface area contributed by atoms with Crippen LogP contribution in [0, 0.1) is 35.3 Å². The Morgan fingerprint density at radius 2 is 1.56 bits per heavy atom. The zero-order chi connectivity index (χ0) is 17.6. The van der Waals surface area contributed by atoms with Gasteiger partial charge in [0.05, 0.1) is 0 Å². The van der Waals surface area contributed by atoms with E-state index in [1.165, 1.54) is 18.9 Å². The highest BCUT2D eigenvalue weighted by Gasteiger charge is 2.17. The molecule has 2 aromatic carbocycles. The van der Waals surface area contributed by atoms with Crippen LogP contribution in [0.15, 0.2) is 54.6 Å². The summed E-state index contributed by atoms with van der Waals surface area (Å²) in [7, 11) is 0. The van der Waals surface area contributed by atoms with Crippen molar-refractivity contribution in [2.24, 2.45) is 11.8 Å². The molecule has 1 saturated carbocycles. The molecule has 0 radical (unpaired) electrons. The fraction of sp³-hybridized carbons (Fsp3) is 0.304. The Morgan fingerprint density at radius 3 is 2.20 bits per heavy atom. The van der Waals surface area contributed by atoms with Crippen LogP contribution < -0.4 is 0 Å². The monoisotopic (exact) mass is 336 g/mol. The molecule has 0 saturated heterocycles. The number of hydrogen-bond acceptors (Lipinski definition) is 0. The normalized spacial score (nSPS) is 20.3. The first kappa shape index (κ1) is 17.4. The Bertz CT molecular complexity index is 798. The third-order valence-corrected chi connectivity index (χ3v) is 4.79. The van der Waals surface area contributed by atoms with Crippen LogP contribution in [-0.4, -0.2) is 0 Å². The van der Waals surface area contributed by atoms with E-state index >= 15 is 0 Å². The van der Waals surface area contributed by atoms with Crippen molar-refractivity contribution in [1.82, 2.24) is 0 Å². The van der Waals surface area contributed by atoms with E-state index in [-0.39, 0.29) is 0 Å². The summed E-state index contributed by atoms with van der Waals surface area (Å²) in [5, 5.41) is 0.